The van der Waals surface area contributed by atoms with Gasteiger partial charge in [0, 0.05) is 26.5 Å². The Balaban J connectivity index is 1.93. The smallest absolute Gasteiger partial charge is 0.321 e. The molecule has 2 aromatic heterocycles. The molecule has 0 bridgehead atoms. The van der Waals surface area contributed by atoms with Crippen molar-refractivity contribution in [3.05, 3.63) is 34.4 Å². The number of nitrogens with zero attached hydrogens (tertiary/aromatic N) is 4. The van der Waals surface area contributed by atoms with Gasteiger partial charge in [-0.05, 0) is 19.1 Å². The maximum Gasteiger partial charge on any atom is 0.321 e. The SMILES string of the molecule is Cc1nc(CN(C)C(=O)Nc2ccc(N(C)C)nc2)cs1. The van der Waals surface area contributed by atoms with Crippen LogP contribution in [0.4, 0.5) is 16.3 Å². The molecule has 112 valence electrons. The lowest BCUT2D eigenvalue weighted by Crippen LogP contribution is -2.31. The molecule has 2 amide bonds. The molecule has 0 radical (unpaired) electrons. The monoisotopic (exact) mass is 305 g/mol. The Morgan fingerprint density at radius 3 is 2.62 bits per heavy atom. The molecule has 0 fully saturated rings. The highest BCUT2D eigenvalue weighted by Gasteiger charge is 2.11. The van der Waals surface area contributed by atoms with E-state index in [-0.39, 0.29) is 6.03 Å². The minimum absolute atomic E-state index is 0.181. The van der Waals surface area contributed by atoms with E-state index >= 15 is 0 Å². The highest BCUT2D eigenvalue weighted by atomic mass is 32.1. The van der Waals surface area contributed by atoms with Crippen molar-refractivity contribution in [3.8, 4) is 0 Å². The highest BCUT2D eigenvalue weighted by molar-refractivity contribution is 7.09. The average Bonchev–Trinajstić information content (AvgIpc) is 2.84. The number of carbonyl (C=O) groups is 1. The molecule has 0 saturated heterocycles. The van der Waals surface area contributed by atoms with Crippen LogP contribution in [0.15, 0.2) is 23.7 Å². The first-order valence-corrected chi connectivity index (χ1v) is 7.40. The number of rotatable bonds is 4. The number of aryl methyl sites for hydroxylation is 1. The summed E-state index contributed by atoms with van der Waals surface area (Å²) in [6.45, 7) is 2.44. The molecule has 0 aromatic carbocycles. The van der Waals surface area contributed by atoms with Crippen LogP contribution in [0.2, 0.25) is 0 Å². The van der Waals surface area contributed by atoms with Crippen molar-refractivity contribution in [2.45, 2.75) is 13.5 Å². The molecule has 0 saturated carbocycles. The van der Waals surface area contributed by atoms with Gasteiger partial charge in [-0.2, -0.15) is 0 Å². The zero-order valence-electron chi connectivity index (χ0n) is 12.6. The van der Waals surface area contributed by atoms with Crippen molar-refractivity contribution in [2.24, 2.45) is 0 Å². The van der Waals surface area contributed by atoms with Gasteiger partial charge in [0.25, 0.3) is 0 Å². The Bertz CT molecular complexity index is 608. The molecule has 2 heterocycles. The topological polar surface area (TPSA) is 61.4 Å². The minimum atomic E-state index is -0.181. The lowest BCUT2D eigenvalue weighted by molar-refractivity contribution is 0.220. The van der Waals surface area contributed by atoms with Crippen molar-refractivity contribution in [1.82, 2.24) is 14.9 Å². The van der Waals surface area contributed by atoms with Crippen molar-refractivity contribution in [3.63, 3.8) is 0 Å². The second kappa shape index (κ2) is 6.53. The van der Waals surface area contributed by atoms with Crippen LogP contribution < -0.4 is 10.2 Å². The number of anilines is 2. The van der Waals surface area contributed by atoms with E-state index in [4.69, 9.17) is 0 Å². The van der Waals surface area contributed by atoms with Gasteiger partial charge in [-0.25, -0.2) is 14.8 Å². The number of amides is 2. The number of hydrogen-bond donors (Lipinski definition) is 1. The second-order valence-electron chi connectivity index (χ2n) is 4.94. The van der Waals surface area contributed by atoms with Gasteiger partial charge < -0.3 is 15.1 Å². The van der Waals surface area contributed by atoms with Crippen LogP contribution in [0.25, 0.3) is 0 Å². The van der Waals surface area contributed by atoms with Crippen LogP contribution in [0.5, 0.6) is 0 Å². The molecule has 0 atom stereocenters. The third kappa shape index (κ3) is 4.16. The molecule has 2 rings (SSSR count). The Morgan fingerprint density at radius 2 is 2.10 bits per heavy atom. The van der Waals surface area contributed by atoms with E-state index in [0.717, 1.165) is 16.5 Å². The number of hydrogen-bond acceptors (Lipinski definition) is 5. The van der Waals surface area contributed by atoms with E-state index in [1.165, 1.54) is 0 Å². The largest absolute Gasteiger partial charge is 0.363 e. The first-order valence-electron chi connectivity index (χ1n) is 6.52. The average molecular weight is 305 g/mol. The number of pyridine rings is 1. The van der Waals surface area contributed by atoms with Crippen LogP contribution >= 0.6 is 11.3 Å². The summed E-state index contributed by atoms with van der Waals surface area (Å²) >= 11 is 1.58. The van der Waals surface area contributed by atoms with E-state index in [0.29, 0.717) is 12.2 Å². The molecule has 1 N–H and O–H groups in total. The lowest BCUT2D eigenvalue weighted by atomic mass is 10.4. The van der Waals surface area contributed by atoms with Crippen LogP contribution in [-0.4, -0.2) is 42.0 Å². The summed E-state index contributed by atoms with van der Waals surface area (Å²) in [6.07, 6.45) is 1.65. The lowest BCUT2D eigenvalue weighted by Gasteiger charge is -2.17. The maximum absolute atomic E-state index is 12.1. The number of nitrogens with one attached hydrogen (secondary N) is 1. The standard InChI is InChI=1S/C14H19N5OS/c1-10-16-12(9-21-10)8-19(4)14(20)17-11-5-6-13(15-7-11)18(2)3/h5-7,9H,8H2,1-4H3,(H,17,20). The maximum atomic E-state index is 12.1. The molecule has 0 aliphatic carbocycles. The fourth-order valence-corrected chi connectivity index (χ4v) is 2.34. The number of thiazole rings is 1. The van der Waals surface area contributed by atoms with Gasteiger partial charge in [-0.15, -0.1) is 11.3 Å². The first kappa shape index (κ1) is 15.2. The predicted octanol–water partition coefficient (Wildman–Crippen LogP) is 2.58. The fourth-order valence-electron chi connectivity index (χ4n) is 1.74. The van der Waals surface area contributed by atoms with E-state index in [1.807, 2.05) is 43.4 Å². The molecule has 21 heavy (non-hydrogen) atoms. The normalized spacial score (nSPS) is 10.3. The number of carbonyl (C=O) groups excluding carboxylic acids is 1. The summed E-state index contributed by atoms with van der Waals surface area (Å²) in [7, 11) is 5.58. The molecule has 0 aliphatic heterocycles. The van der Waals surface area contributed by atoms with Crippen molar-refractivity contribution >= 4 is 28.9 Å². The van der Waals surface area contributed by atoms with Crippen LogP contribution in [-0.2, 0) is 6.54 Å². The van der Waals surface area contributed by atoms with Crippen molar-refractivity contribution < 1.29 is 4.79 Å². The zero-order valence-corrected chi connectivity index (χ0v) is 13.4. The quantitative estimate of drug-likeness (QED) is 0.943. The summed E-state index contributed by atoms with van der Waals surface area (Å²) in [4.78, 5) is 24.2. The molecular weight excluding hydrogens is 286 g/mol. The Labute approximate surface area is 128 Å². The Kier molecular flexibility index (Phi) is 4.74. The summed E-state index contributed by atoms with van der Waals surface area (Å²) in [5, 5.41) is 5.78. The summed E-state index contributed by atoms with van der Waals surface area (Å²) in [5.41, 5.74) is 1.57. The van der Waals surface area contributed by atoms with E-state index < -0.39 is 0 Å². The van der Waals surface area contributed by atoms with E-state index in [1.54, 1.807) is 29.5 Å². The van der Waals surface area contributed by atoms with Gasteiger partial charge in [0.1, 0.15) is 5.82 Å². The summed E-state index contributed by atoms with van der Waals surface area (Å²) in [6, 6.07) is 3.51. The van der Waals surface area contributed by atoms with Crippen molar-refractivity contribution in [2.75, 3.05) is 31.4 Å². The molecule has 0 spiro atoms. The van der Waals surface area contributed by atoms with Crippen LogP contribution in [0.3, 0.4) is 0 Å². The fraction of sp³-hybridized carbons (Fsp3) is 0.357. The first-order chi connectivity index (χ1) is 9.95. The van der Waals surface area contributed by atoms with Crippen LogP contribution in [0, 0.1) is 6.92 Å². The van der Waals surface area contributed by atoms with E-state index in [2.05, 4.69) is 15.3 Å². The molecule has 7 heteroatoms. The second-order valence-corrected chi connectivity index (χ2v) is 6.01. The molecule has 0 aliphatic rings. The van der Waals surface area contributed by atoms with Gasteiger partial charge >= 0.3 is 6.03 Å². The Morgan fingerprint density at radius 1 is 1.33 bits per heavy atom. The third-order valence-electron chi connectivity index (χ3n) is 2.87. The van der Waals surface area contributed by atoms with Crippen molar-refractivity contribution in [1.29, 1.82) is 0 Å². The molecule has 0 unspecified atom stereocenters. The number of urea groups is 1. The highest BCUT2D eigenvalue weighted by Crippen LogP contribution is 2.13. The molecular formula is C14H19N5OS. The van der Waals surface area contributed by atoms with Crippen LogP contribution in [0.1, 0.15) is 10.7 Å². The minimum Gasteiger partial charge on any atom is -0.363 e. The van der Waals surface area contributed by atoms with Gasteiger partial charge in [-0.1, -0.05) is 0 Å². The van der Waals surface area contributed by atoms with Gasteiger partial charge in [0.15, 0.2) is 0 Å². The summed E-state index contributed by atoms with van der Waals surface area (Å²) < 4.78 is 0. The Hall–Kier alpha value is -2.15. The molecule has 2 aromatic rings. The molecule has 6 nitrogen and oxygen atoms in total. The van der Waals surface area contributed by atoms with E-state index in [9.17, 15) is 4.79 Å². The summed E-state index contributed by atoms with van der Waals surface area (Å²) in [5.74, 6) is 0.847. The number of aromatic nitrogens is 2. The van der Waals surface area contributed by atoms with Gasteiger partial charge in [-0.3, -0.25) is 0 Å². The van der Waals surface area contributed by atoms with Gasteiger partial charge in [0.05, 0.1) is 29.1 Å². The van der Waals surface area contributed by atoms with Gasteiger partial charge in [0.2, 0.25) is 0 Å². The third-order valence-corrected chi connectivity index (χ3v) is 3.69. The predicted molar refractivity (Wildman–Crippen MR) is 85.9 cm³/mol. The zero-order chi connectivity index (χ0) is 15.4.